The lowest BCUT2D eigenvalue weighted by atomic mass is 10.0. The number of hydrogen-bond donors (Lipinski definition) is 3. The van der Waals surface area contributed by atoms with E-state index in [2.05, 4.69) is 5.32 Å². The lowest BCUT2D eigenvalue weighted by molar-refractivity contribution is -0.117. The topological polar surface area (TPSA) is 86.6 Å². The largest absolute Gasteiger partial charge is 0.505 e. The third-order valence-corrected chi connectivity index (χ3v) is 2.77. The van der Waals surface area contributed by atoms with Crippen molar-refractivity contribution in [2.45, 2.75) is 26.7 Å². The van der Waals surface area contributed by atoms with Gasteiger partial charge in [0.15, 0.2) is 5.75 Å². The minimum atomic E-state index is -1.23. The van der Waals surface area contributed by atoms with E-state index in [1.165, 1.54) is 18.2 Å². The van der Waals surface area contributed by atoms with Crippen LogP contribution in [0.2, 0.25) is 0 Å². The molecule has 0 heterocycles. The predicted octanol–water partition coefficient (Wildman–Crippen LogP) is 2.47. The summed E-state index contributed by atoms with van der Waals surface area (Å²) in [6, 6.07) is 4.22. The summed E-state index contributed by atoms with van der Waals surface area (Å²) in [5.74, 6) is -1.63. The number of amides is 1. The Morgan fingerprint density at radius 1 is 1.39 bits per heavy atom. The number of carboxylic acid groups (broad SMARTS) is 1. The number of carbonyl (C=O) groups is 2. The summed E-state index contributed by atoms with van der Waals surface area (Å²) in [4.78, 5) is 22.5. The van der Waals surface area contributed by atoms with E-state index in [1.807, 2.05) is 13.8 Å². The van der Waals surface area contributed by atoms with Crippen molar-refractivity contribution >= 4 is 17.6 Å². The van der Waals surface area contributed by atoms with Gasteiger partial charge in [-0.2, -0.15) is 0 Å². The first kappa shape index (κ1) is 14.0. The fraction of sp³-hybridized carbons (Fsp3) is 0.385. The molecule has 1 atom stereocenters. The summed E-state index contributed by atoms with van der Waals surface area (Å²) in [6.45, 7) is 3.94. The molecule has 5 heteroatoms. The molecule has 5 nitrogen and oxygen atoms in total. The van der Waals surface area contributed by atoms with E-state index in [4.69, 9.17) is 5.11 Å². The zero-order valence-corrected chi connectivity index (χ0v) is 10.4. The quantitative estimate of drug-likeness (QED) is 0.701. The molecule has 98 valence electrons. The van der Waals surface area contributed by atoms with Crippen LogP contribution in [0.4, 0.5) is 5.69 Å². The van der Waals surface area contributed by atoms with E-state index in [0.717, 1.165) is 6.42 Å². The Balaban J connectivity index is 2.82. The molecule has 1 unspecified atom stereocenters. The average molecular weight is 251 g/mol. The van der Waals surface area contributed by atoms with Gasteiger partial charge in [0.25, 0.3) is 0 Å². The summed E-state index contributed by atoms with van der Waals surface area (Å²) < 4.78 is 0. The van der Waals surface area contributed by atoms with Crippen molar-refractivity contribution in [2.75, 3.05) is 5.32 Å². The Hall–Kier alpha value is -2.04. The second-order valence-corrected chi connectivity index (χ2v) is 4.27. The maximum Gasteiger partial charge on any atom is 0.339 e. The molecule has 18 heavy (non-hydrogen) atoms. The van der Waals surface area contributed by atoms with Crippen molar-refractivity contribution in [3.05, 3.63) is 23.8 Å². The molecule has 0 saturated carbocycles. The fourth-order valence-corrected chi connectivity index (χ4v) is 1.48. The fourth-order valence-electron chi connectivity index (χ4n) is 1.48. The SMILES string of the molecule is CCC(C)CC(=O)Nc1cccc(C(=O)O)c1O. The van der Waals surface area contributed by atoms with Gasteiger partial charge in [-0.3, -0.25) is 4.79 Å². The molecular weight excluding hydrogens is 234 g/mol. The number of benzene rings is 1. The van der Waals surface area contributed by atoms with Gasteiger partial charge in [-0.15, -0.1) is 0 Å². The van der Waals surface area contributed by atoms with Crippen molar-refractivity contribution < 1.29 is 19.8 Å². The van der Waals surface area contributed by atoms with E-state index in [9.17, 15) is 14.7 Å². The van der Waals surface area contributed by atoms with Gasteiger partial charge >= 0.3 is 5.97 Å². The number of phenols is 1. The van der Waals surface area contributed by atoms with Gasteiger partial charge in [-0.1, -0.05) is 26.3 Å². The normalized spacial score (nSPS) is 11.9. The molecule has 0 aliphatic heterocycles. The zero-order valence-electron chi connectivity index (χ0n) is 10.4. The number of carboxylic acids is 1. The Morgan fingerprint density at radius 3 is 2.61 bits per heavy atom. The summed E-state index contributed by atoms with van der Waals surface area (Å²) in [5, 5.41) is 21.1. The molecule has 0 fully saturated rings. The number of rotatable bonds is 5. The van der Waals surface area contributed by atoms with Crippen LogP contribution < -0.4 is 5.32 Å². The van der Waals surface area contributed by atoms with Gasteiger partial charge in [-0.25, -0.2) is 4.79 Å². The Labute approximate surface area is 105 Å². The van der Waals surface area contributed by atoms with Gasteiger partial charge in [0.2, 0.25) is 5.91 Å². The second kappa shape index (κ2) is 6.05. The Kier molecular flexibility index (Phi) is 4.71. The minimum Gasteiger partial charge on any atom is -0.505 e. The number of hydrogen-bond acceptors (Lipinski definition) is 3. The van der Waals surface area contributed by atoms with Gasteiger partial charge in [0, 0.05) is 6.42 Å². The monoisotopic (exact) mass is 251 g/mol. The maximum atomic E-state index is 11.6. The van der Waals surface area contributed by atoms with E-state index in [0.29, 0.717) is 6.42 Å². The standard InChI is InChI=1S/C13H17NO4/c1-3-8(2)7-11(15)14-10-6-4-5-9(12(10)16)13(17)18/h4-6,8,16H,3,7H2,1-2H3,(H,14,15)(H,17,18). The lowest BCUT2D eigenvalue weighted by Gasteiger charge is -2.11. The van der Waals surface area contributed by atoms with E-state index in [-0.39, 0.29) is 23.1 Å². The summed E-state index contributed by atoms with van der Waals surface area (Å²) >= 11 is 0. The average Bonchev–Trinajstić information content (AvgIpc) is 2.31. The van der Waals surface area contributed by atoms with Crippen LogP contribution in [0, 0.1) is 5.92 Å². The third-order valence-electron chi connectivity index (χ3n) is 2.77. The molecule has 1 amide bonds. The molecule has 3 N–H and O–H groups in total. The third kappa shape index (κ3) is 3.48. The smallest absolute Gasteiger partial charge is 0.339 e. The number of aromatic hydroxyl groups is 1. The van der Waals surface area contributed by atoms with E-state index in [1.54, 1.807) is 0 Å². The minimum absolute atomic E-state index is 0.128. The number of anilines is 1. The molecule has 0 spiro atoms. The van der Waals surface area contributed by atoms with Crippen LogP contribution in [0.25, 0.3) is 0 Å². The molecule has 1 aromatic rings. The Morgan fingerprint density at radius 2 is 2.06 bits per heavy atom. The summed E-state index contributed by atoms with van der Waals surface area (Å²) in [6.07, 6.45) is 1.22. The molecule has 1 rings (SSSR count). The highest BCUT2D eigenvalue weighted by atomic mass is 16.4. The molecule has 0 bridgehead atoms. The highest BCUT2D eigenvalue weighted by molar-refractivity contribution is 5.97. The molecular formula is C13H17NO4. The van der Waals surface area contributed by atoms with Crippen LogP contribution in [0.3, 0.4) is 0 Å². The first-order chi connectivity index (χ1) is 8.45. The van der Waals surface area contributed by atoms with Crippen molar-refractivity contribution in [3.63, 3.8) is 0 Å². The Bertz CT molecular complexity index is 456. The molecule has 0 saturated heterocycles. The van der Waals surface area contributed by atoms with Crippen molar-refractivity contribution in [1.82, 2.24) is 0 Å². The predicted molar refractivity (Wildman–Crippen MR) is 67.8 cm³/mol. The van der Waals surface area contributed by atoms with Crippen LogP contribution in [-0.4, -0.2) is 22.1 Å². The molecule has 1 aromatic carbocycles. The first-order valence-corrected chi connectivity index (χ1v) is 5.80. The van der Waals surface area contributed by atoms with Crippen molar-refractivity contribution in [3.8, 4) is 5.75 Å². The van der Waals surface area contributed by atoms with Crippen LogP contribution >= 0.6 is 0 Å². The molecule has 0 radical (unpaired) electrons. The lowest BCUT2D eigenvalue weighted by Crippen LogP contribution is -2.15. The van der Waals surface area contributed by atoms with Gasteiger partial charge < -0.3 is 15.5 Å². The van der Waals surface area contributed by atoms with Crippen LogP contribution in [0.1, 0.15) is 37.0 Å². The molecule has 0 aliphatic carbocycles. The maximum absolute atomic E-state index is 11.6. The summed E-state index contributed by atoms with van der Waals surface area (Å²) in [7, 11) is 0. The summed E-state index contributed by atoms with van der Waals surface area (Å²) in [5.41, 5.74) is -0.0976. The highest BCUT2D eigenvalue weighted by Crippen LogP contribution is 2.27. The van der Waals surface area contributed by atoms with Gasteiger partial charge in [-0.05, 0) is 18.1 Å². The number of para-hydroxylation sites is 1. The van der Waals surface area contributed by atoms with Gasteiger partial charge in [0.1, 0.15) is 5.56 Å². The zero-order chi connectivity index (χ0) is 13.7. The molecule has 0 aliphatic rings. The van der Waals surface area contributed by atoms with Crippen LogP contribution in [0.15, 0.2) is 18.2 Å². The number of nitrogens with one attached hydrogen (secondary N) is 1. The molecule has 0 aromatic heterocycles. The number of aromatic carboxylic acids is 1. The first-order valence-electron chi connectivity index (χ1n) is 5.80. The highest BCUT2D eigenvalue weighted by Gasteiger charge is 2.15. The number of carbonyl (C=O) groups excluding carboxylic acids is 1. The second-order valence-electron chi connectivity index (χ2n) is 4.27. The van der Waals surface area contributed by atoms with Crippen LogP contribution in [-0.2, 0) is 4.79 Å². The van der Waals surface area contributed by atoms with Crippen LogP contribution in [0.5, 0.6) is 5.75 Å². The van der Waals surface area contributed by atoms with Crippen molar-refractivity contribution in [2.24, 2.45) is 5.92 Å². The van der Waals surface area contributed by atoms with Gasteiger partial charge in [0.05, 0.1) is 5.69 Å². The van der Waals surface area contributed by atoms with Crippen molar-refractivity contribution in [1.29, 1.82) is 0 Å². The van der Waals surface area contributed by atoms with E-state index >= 15 is 0 Å². The van der Waals surface area contributed by atoms with E-state index < -0.39 is 11.7 Å².